The third-order valence-electron chi connectivity index (χ3n) is 4.90. The molecule has 126 valence electrons. The number of benzene rings is 1. The number of hydrogen-bond donors (Lipinski definition) is 2. The minimum absolute atomic E-state index is 0.000663. The van der Waals surface area contributed by atoms with Gasteiger partial charge in [0.05, 0.1) is 6.61 Å². The van der Waals surface area contributed by atoms with E-state index in [0.717, 1.165) is 18.6 Å². The molecule has 1 atom stereocenters. The van der Waals surface area contributed by atoms with E-state index in [-0.39, 0.29) is 24.0 Å². The predicted octanol–water partition coefficient (Wildman–Crippen LogP) is 3.79. The van der Waals surface area contributed by atoms with Crippen molar-refractivity contribution < 1.29 is 14.9 Å². The Morgan fingerprint density at radius 1 is 1.05 bits per heavy atom. The van der Waals surface area contributed by atoms with E-state index < -0.39 is 6.10 Å². The summed E-state index contributed by atoms with van der Waals surface area (Å²) in [6, 6.07) is 6.36. The summed E-state index contributed by atoms with van der Waals surface area (Å²) in [5, 5.41) is 18.5. The van der Waals surface area contributed by atoms with Gasteiger partial charge in [-0.3, -0.25) is 0 Å². The lowest BCUT2D eigenvalue weighted by Gasteiger charge is -2.30. The van der Waals surface area contributed by atoms with Crippen LogP contribution in [0.4, 0.5) is 0 Å². The molecule has 22 heavy (non-hydrogen) atoms. The van der Waals surface area contributed by atoms with Crippen LogP contribution in [0.5, 0.6) is 5.75 Å². The summed E-state index contributed by atoms with van der Waals surface area (Å²) in [7, 11) is 0. The largest absolute Gasteiger partial charge is 0.490 e. The van der Waals surface area contributed by atoms with Crippen LogP contribution in [-0.2, 0) is 10.8 Å². The molecule has 3 heteroatoms. The van der Waals surface area contributed by atoms with Gasteiger partial charge in [0.15, 0.2) is 0 Å². The number of ether oxygens (including phenoxy) is 1. The summed E-state index contributed by atoms with van der Waals surface area (Å²) in [6.07, 6.45) is 1.23. The summed E-state index contributed by atoms with van der Waals surface area (Å²) in [4.78, 5) is 0. The maximum atomic E-state index is 9.52. The van der Waals surface area contributed by atoms with Gasteiger partial charge in [-0.1, -0.05) is 53.7 Å². The molecule has 1 unspecified atom stereocenters. The van der Waals surface area contributed by atoms with Crippen LogP contribution in [0.15, 0.2) is 18.2 Å². The summed E-state index contributed by atoms with van der Waals surface area (Å²) >= 11 is 0. The molecule has 0 heterocycles. The zero-order valence-electron chi connectivity index (χ0n) is 14.9. The Hall–Kier alpha value is -1.06. The molecule has 0 bridgehead atoms. The molecule has 0 aromatic heterocycles. The number of hydrogen-bond acceptors (Lipinski definition) is 3. The van der Waals surface area contributed by atoms with Crippen molar-refractivity contribution in [3.05, 3.63) is 29.3 Å². The lowest BCUT2D eigenvalue weighted by Crippen LogP contribution is -2.24. The van der Waals surface area contributed by atoms with Gasteiger partial charge in [0.1, 0.15) is 18.5 Å². The van der Waals surface area contributed by atoms with Crippen molar-refractivity contribution in [3.8, 4) is 5.75 Å². The van der Waals surface area contributed by atoms with Crippen molar-refractivity contribution in [1.82, 2.24) is 0 Å². The summed E-state index contributed by atoms with van der Waals surface area (Å²) in [5.74, 6) is 0.801. The summed E-state index contributed by atoms with van der Waals surface area (Å²) in [6.45, 7) is 13.1. The molecule has 0 aliphatic heterocycles. The Morgan fingerprint density at radius 2 is 1.64 bits per heavy atom. The highest BCUT2D eigenvalue weighted by molar-refractivity contribution is 5.44. The van der Waals surface area contributed by atoms with Crippen molar-refractivity contribution >= 4 is 0 Å². The molecule has 0 saturated heterocycles. The van der Waals surface area contributed by atoms with E-state index >= 15 is 0 Å². The summed E-state index contributed by atoms with van der Waals surface area (Å²) in [5.41, 5.74) is 2.60. The van der Waals surface area contributed by atoms with Gasteiger partial charge < -0.3 is 14.9 Å². The van der Waals surface area contributed by atoms with E-state index in [1.54, 1.807) is 0 Å². The molecule has 0 aliphatic rings. The van der Waals surface area contributed by atoms with Crippen molar-refractivity contribution in [2.75, 3.05) is 13.2 Å². The zero-order valence-corrected chi connectivity index (χ0v) is 14.9. The molecular formula is C19H32O3. The van der Waals surface area contributed by atoms with E-state index in [1.165, 1.54) is 11.1 Å². The molecule has 0 aliphatic carbocycles. The Balaban J connectivity index is 3.22. The van der Waals surface area contributed by atoms with Crippen molar-refractivity contribution in [3.63, 3.8) is 0 Å². The van der Waals surface area contributed by atoms with Crippen LogP contribution >= 0.6 is 0 Å². The van der Waals surface area contributed by atoms with Crippen LogP contribution in [0.2, 0.25) is 0 Å². The van der Waals surface area contributed by atoms with Crippen LogP contribution in [0, 0.1) is 0 Å². The molecular weight excluding hydrogens is 276 g/mol. The first kappa shape index (κ1) is 19.0. The fourth-order valence-electron chi connectivity index (χ4n) is 2.24. The van der Waals surface area contributed by atoms with Gasteiger partial charge in [0, 0.05) is 5.56 Å². The standard InChI is InChI=1S/C19H32O3/c1-7-18(3,4)14-9-10-17(22-13-15(21)12-20)16(11-14)19(5,6)8-2/h9-11,15,20-21H,7-8,12-13H2,1-6H3. The zero-order chi connectivity index (χ0) is 17.0. The second kappa shape index (κ2) is 7.47. The first-order valence-electron chi connectivity index (χ1n) is 8.24. The Morgan fingerprint density at radius 3 is 2.14 bits per heavy atom. The van der Waals surface area contributed by atoms with E-state index in [0.29, 0.717) is 0 Å². The molecule has 3 nitrogen and oxygen atoms in total. The topological polar surface area (TPSA) is 49.7 Å². The molecule has 0 amide bonds. The maximum absolute atomic E-state index is 9.52. The van der Waals surface area contributed by atoms with E-state index in [4.69, 9.17) is 9.84 Å². The van der Waals surface area contributed by atoms with Crippen LogP contribution in [-0.4, -0.2) is 29.5 Å². The minimum atomic E-state index is -0.843. The average Bonchev–Trinajstić information content (AvgIpc) is 2.52. The van der Waals surface area contributed by atoms with Gasteiger partial charge in [0.25, 0.3) is 0 Å². The molecule has 1 aromatic rings. The van der Waals surface area contributed by atoms with Crippen LogP contribution in [0.25, 0.3) is 0 Å². The van der Waals surface area contributed by atoms with Gasteiger partial charge in [-0.15, -0.1) is 0 Å². The van der Waals surface area contributed by atoms with Gasteiger partial charge in [-0.2, -0.15) is 0 Å². The van der Waals surface area contributed by atoms with E-state index in [2.05, 4.69) is 53.7 Å². The Bertz CT molecular complexity index is 478. The Labute approximate surface area is 135 Å². The van der Waals surface area contributed by atoms with Gasteiger partial charge >= 0.3 is 0 Å². The number of aliphatic hydroxyl groups excluding tert-OH is 2. The fraction of sp³-hybridized carbons (Fsp3) is 0.684. The molecule has 0 radical (unpaired) electrons. The lowest BCUT2D eigenvalue weighted by atomic mass is 9.76. The summed E-state index contributed by atoms with van der Waals surface area (Å²) < 4.78 is 5.77. The maximum Gasteiger partial charge on any atom is 0.123 e. The molecule has 1 aromatic carbocycles. The van der Waals surface area contributed by atoms with Crippen LogP contribution < -0.4 is 4.74 Å². The van der Waals surface area contributed by atoms with Crippen molar-refractivity contribution in [1.29, 1.82) is 0 Å². The molecule has 0 saturated carbocycles. The quantitative estimate of drug-likeness (QED) is 0.768. The first-order valence-corrected chi connectivity index (χ1v) is 8.24. The Kier molecular flexibility index (Phi) is 6.45. The average molecular weight is 308 g/mol. The molecule has 1 rings (SSSR count). The van der Waals surface area contributed by atoms with Gasteiger partial charge in [-0.25, -0.2) is 0 Å². The second-order valence-electron chi connectivity index (χ2n) is 7.33. The smallest absolute Gasteiger partial charge is 0.123 e. The minimum Gasteiger partial charge on any atom is -0.490 e. The highest BCUT2D eigenvalue weighted by Gasteiger charge is 2.26. The monoisotopic (exact) mass is 308 g/mol. The molecule has 0 spiro atoms. The fourth-order valence-corrected chi connectivity index (χ4v) is 2.24. The van der Waals surface area contributed by atoms with Crippen molar-refractivity contribution in [2.24, 2.45) is 0 Å². The van der Waals surface area contributed by atoms with Crippen LogP contribution in [0.3, 0.4) is 0 Å². The highest BCUT2D eigenvalue weighted by atomic mass is 16.5. The second-order valence-corrected chi connectivity index (χ2v) is 7.33. The van der Waals surface area contributed by atoms with Gasteiger partial charge in [0.2, 0.25) is 0 Å². The third kappa shape index (κ3) is 4.47. The normalized spacial score (nSPS) is 14.0. The van der Waals surface area contributed by atoms with E-state index in [1.807, 2.05) is 6.07 Å². The third-order valence-corrected chi connectivity index (χ3v) is 4.90. The SMILES string of the molecule is CCC(C)(C)c1ccc(OCC(O)CO)c(C(C)(C)CC)c1. The molecule has 0 fully saturated rings. The van der Waals surface area contributed by atoms with Crippen molar-refractivity contribution in [2.45, 2.75) is 71.3 Å². The van der Waals surface area contributed by atoms with E-state index in [9.17, 15) is 5.11 Å². The van der Waals surface area contributed by atoms with Crippen LogP contribution in [0.1, 0.15) is 65.5 Å². The predicted molar refractivity (Wildman–Crippen MR) is 91.7 cm³/mol. The lowest BCUT2D eigenvalue weighted by molar-refractivity contribution is 0.0529. The first-order chi connectivity index (χ1) is 10.2. The highest BCUT2D eigenvalue weighted by Crippen LogP contribution is 2.38. The number of aliphatic hydroxyl groups is 2. The number of rotatable bonds is 8. The van der Waals surface area contributed by atoms with Gasteiger partial charge in [-0.05, 0) is 35.3 Å². The molecule has 2 N–H and O–H groups in total.